The average Bonchev–Trinajstić information content (AvgIpc) is 3.20. The van der Waals surface area contributed by atoms with Crippen LogP contribution in [0.15, 0.2) is 73.1 Å². The molecule has 0 spiro atoms. The molecule has 126 valence electrons. The van der Waals surface area contributed by atoms with E-state index in [0.29, 0.717) is 11.3 Å². The molecule has 6 heteroatoms. The van der Waals surface area contributed by atoms with E-state index in [2.05, 4.69) is 10.4 Å². The lowest BCUT2D eigenvalue weighted by molar-refractivity contribution is -0.143. The summed E-state index contributed by atoms with van der Waals surface area (Å²) in [4.78, 5) is 24.2. The Balaban J connectivity index is 1.57. The van der Waals surface area contributed by atoms with Crippen LogP contribution in [0.25, 0.3) is 5.69 Å². The van der Waals surface area contributed by atoms with Crippen molar-refractivity contribution < 1.29 is 14.3 Å². The first-order chi connectivity index (χ1) is 12.2. The molecule has 1 N–H and O–H groups in total. The fourth-order valence-electron chi connectivity index (χ4n) is 2.31. The Labute approximate surface area is 145 Å². The monoisotopic (exact) mass is 335 g/mol. The number of esters is 1. The second-order valence-electron chi connectivity index (χ2n) is 5.30. The summed E-state index contributed by atoms with van der Waals surface area (Å²) in [6.07, 6.45) is 3.38. The van der Waals surface area contributed by atoms with Crippen LogP contribution in [-0.2, 0) is 16.1 Å². The first-order valence-electron chi connectivity index (χ1n) is 7.81. The maximum absolute atomic E-state index is 12.4. The standard InChI is InChI=1S/C19H17N3O3/c23-18(25-14-15-7-2-1-3-8-15)13-20-19(24)16-9-4-5-10-17(16)22-12-6-11-21-22/h1-12H,13-14H2,(H,20,24). The molecule has 0 fully saturated rings. The smallest absolute Gasteiger partial charge is 0.325 e. The van der Waals surface area contributed by atoms with Gasteiger partial charge in [0.15, 0.2) is 0 Å². The lowest BCUT2D eigenvalue weighted by Crippen LogP contribution is -2.31. The Hall–Kier alpha value is -3.41. The van der Waals surface area contributed by atoms with Gasteiger partial charge in [0.25, 0.3) is 5.91 Å². The molecule has 0 aliphatic rings. The molecule has 1 heterocycles. The van der Waals surface area contributed by atoms with Gasteiger partial charge in [0.05, 0.1) is 11.3 Å². The summed E-state index contributed by atoms with van der Waals surface area (Å²) in [5.74, 6) is -0.850. The van der Waals surface area contributed by atoms with Gasteiger partial charge >= 0.3 is 5.97 Å². The van der Waals surface area contributed by atoms with E-state index in [-0.39, 0.29) is 19.1 Å². The van der Waals surface area contributed by atoms with Crippen LogP contribution in [-0.4, -0.2) is 28.2 Å². The Bertz CT molecular complexity index is 845. The van der Waals surface area contributed by atoms with Crippen molar-refractivity contribution >= 4 is 11.9 Å². The van der Waals surface area contributed by atoms with Crippen molar-refractivity contribution in [1.29, 1.82) is 0 Å². The van der Waals surface area contributed by atoms with Gasteiger partial charge in [0.1, 0.15) is 13.2 Å². The van der Waals surface area contributed by atoms with Crippen molar-refractivity contribution in [2.24, 2.45) is 0 Å². The van der Waals surface area contributed by atoms with E-state index >= 15 is 0 Å². The number of hydrogen-bond donors (Lipinski definition) is 1. The number of carbonyl (C=O) groups is 2. The molecule has 0 aliphatic heterocycles. The van der Waals surface area contributed by atoms with E-state index in [4.69, 9.17) is 4.74 Å². The predicted molar refractivity (Wildman–Crippen MR) is 92.1 cm³/mol. The molecular formula is C19H17N3O3. The number of carbonyl (C=O) groups excluding carboxylic acids is 2. The van der Waals surface area contributed by atoms with Crippen LogP contribution in [0.2, 0.25) is 0 Å². The third-order valence-corrected chi connectivity index (χ3v) is 3.54. The van der Waals surface area contributed by atoms with Crippen molar-refractivity contribution in [3.05, 3.63) is 84.2 Å². The molecule has 2 aromatic carbocycles. The number of ether oxygens (including phenoxy) is 1. The van der Waals surface area contributed by atoms with Crippen molar-refractivity contribution in [3.63, 3.8) is 0 Å². The number of para-hydroxylation sites is 1. The highest BCUT2D eigenvalue weighted by Crippen LogP contribution is 2.13. The van der Waals surface area contributed by atoms with Crippen molar-refractivity contribution in [3.8, 4) is 5.69 Å². The first kappa shape index (κ1) is 16.4. The zero-order chi connectivity index (χ0) is 17.5. The summed E-state index contributed by atoms with van der Waals surface area (Å²) >= 11 is 0. The van der Waals surface area contributed by atoms with Gasteiger partial charge in [0, 0.05) is 12.4 Å². The maximum atomic E-state index is 12.4. The molecule has 6 nitrogen and oxygen atoms in total. The topological polar surface area (TPSA) is 73.2 Å². The molecule has 3 rings (SSSR count). The first-order valence-corrected chi connectivity index (χ1v) is 7.81. The lowest BCUT2D eigenvalue weighted by Gasteiger charge is -2.10. The summed E-state index contributed by atoms with van der Waals surface area (Å²) in [6.45, 7) is -0.0154. The van der Waals surface area contributed by atoms with Gasteiger partial charge in [-0.05, 0) is 23.8 Å². The fraction of sp³-hybridized carbons (Fsp3) is 0.105. The quantitative estimate of drug-likeness (QED) is 0.702. The molecule has 1 amide bonds. The van der Waals surface area contributed by atoms with Gasteiger partial charge < -0.3 is 10.1 Å². The largest absolute Gasteiger partial charge is 0.460 e. The zero-order valence-corrected chi connectivity index (χ0v) is 13.5. The van der Waals surface area contributed by atoms with E-state index in [1.165, 1.54) is 0 Å². The molecule has 0 aliphatic carbocycles. The normalized spacial score (nSPS) is 10.2. The van der Waals surface area contributed by atoms with Crippen LogP contribution in [0.5, 0.6) is 0 Å². The lowest BCUT2D eigenvalue weighted by atomic mass is 10.1. The van der Waals surface area contributed by atoms with E-state index < -0.39 is 5.97 Å². The number of aromatic nitrogens is 2. The number of nitrogens with one attached hydrogen (secondary N) is 1. The summed E-state index contributed by atoms with van der Waals surface area (Å²) in [5.41, 5.74) is 1.97. The minimum Gasteiger partial charge on any atom is -0.460 e. The highest BCUT2D eigenvalue weighted by atomic mass is 16.5. The van der Waals surface area contributed by atoms with Crippen molar-refractivity contribution in [2.45, 2.75) is 6.61 Å². The third kappa shape index (κ3) is 4.32. The molecule has 0 radical (unpaired) electrons. The van der Waals surface area contributed by atoms with Gasteiger partial charge in [-0.25, -0.2) is 4.68 Å². The van der Waals surface area contributed by atoms with Crippen molar-refractivity contribution in [1.82, 2.24) is 15.1 Å². The van der Waals surface area contributed by atoms with Crippen LogP contribution in [0, 0.1) is 0 Å². The summed E-state index contributed by atoms with van der Waals surface area (Å²) in [5, 5.41) is 6.72. The van der Waals surface area contributed by atoms with Gasteiger partial charge in [-0.1, -0.05) is 42.5 Å². The minimum atomic E-state index is -0.492. The van der Waals surface area contributed by atoms with Gasteiger partial charge in [-0.2, -0.15) is 5.10 Å². The number of nitrogens with zero attached hydrogens (tertiary/aromatic N) is 2. The fourth-order valence-corrected chi connectivity index (χ4v) is 2.31. The molecule has 3 aromatic rings. The van der Waals surface area contributed by atoms with Crippen LogP contribution < -0.4 is 5.32 Å². The highest BCUT2D eigenvalue weighted by Gasteiger charge is 2.14. The molecule has 0 atom stereocenters. The van der Waals surface area contributed by atoms with Crippen LogP contribution in [0.1, 0.15) is 15.9 Å². The predicted octanol–water partition coefficient (Wildman–Crippen LogP) is 2.35. The maximum Gasteiger partial charge on any atom is 0.325 e. The van der Waals surface area contributed by atoms with E-state index in [9.17, 15) is 9.59 Å². The zero-order valence-electron chi connectivity index (χ0n) is 13.5. The number of rotatable bonds is 6. The second-order valence-corrected chi connectivity index (χ2v) is 5.30. The van der Waals surface area contributed by atoms with Gasteiger partial charge in [0.2, 0.25) is 0 Å². The molecule has 0 bridgehead atoms. The SMILES string of the molecule is O=C(CNC(=O)c1ccccc1-n1cccn1)OCc1ccccc1. The Kier molecular flexibility index (Phi) is 5.21. The van der Waals surface area contributed by atoms with Crippen LogP contribution >= 0.6 is 0 Å². The molecule has 25 heavy (non-hydrogen) atoms. The number of benzene rings is 2. The van der Waals surface area contributed by atoms with Gasteiger partial charge in [-0.15, -0.1) is 0 Å². The summed E-state index contributed by atoms with van der Waals surface area (Å²) in [6, 6.07) is 18.2. The van der Waals surface area contributed by atoms with Crippen molar-refractivity contribution in [2.75, 3.05) is 6.54 Å². The Morgan fingerprint density at radius 1 is 1.00 bits per heavy atom. The Morgan fingerprint density at radius 2 is 1.76 bits per heavy atom. The molecule has 0 saturated carbocycles. The molecule has 0 unspecified atom stereocenters. The van der Waals surface area contributed by atoms with Crippen LogP contribution in [0.3, 0.4) is 0 Å². The number of hydrogen-bond acceptors (Lipinski definition) is 4. The molecule has 1 aromatic heterocycles. The molecule has 0 saturated heterocycles. The third-order valence-electron chi connectivity index (χ3n) is 3.54. The average molecular weight is 335 g/mol. The van der Waals surface area contributed by atoms with Gasteiger partial charge in [-0.3, -0.25) is 9.59 Å². The van der Waals surface area contributed by atoms with E-state index in [1.807, 2.05) is 36.4 Å². The minimum absolute atomic E-state index is 0.180. The summed E-state index contributed by atoms with van der Waals surface area (Å²) < 4.78 is 6.75. The van der Waals surface area contributed by atoms with E-state index in [0.717, 1.165) is 5.56 Å². The second kappa shape index (κ2) is 7.92. The van der Waals surface area contributed by atoms with E-state index in [1.54, 1.807) is 41.3 Å². The highest BCUT2D eigenvalue weighted by molar-refractivity contribution is 5.99. The number of amides is 1. The Morgan fingerprint density at radius 3 is 2.52 bits per heavy atom. The van der Waals surface area contributed by atoms with Crippen LogP contribution in [0.4, 0.5) is 0 Å². The summed E-state index contributed by atoms with van der Waals surface area (Å²) in [7, 11) is 0. The molecular weight excluding hydrogens is 318 g/mol.